The molecule has 4 nitrogen and oxygen atoms in total. The molecule has 98 valence electrons. The second-order valence-electron chi connectivity index (χ2n) is 3.72. The van der Waals surface area contributed by atoms with Gasteiger partial charge in [-0.05, 0) is 36.4 Å². The van der Waals surface area contributed by atoms with Crippen LogP contribution in [0.1, 0.15) is 0 Å². The maximum Gasteiger partial charge on any atom is 0.323 e. The quantitative estimate of drug-likeness (QED) is 0.722. The minimum absolute atomic E-state index is 0.171. The monoisotopic (exact) mass is 296 g/mol. The number of amides is 2. The van der Waals surface area contributed by atoms with Crippen LogP contribution in [0.2, 0.25) is 10.0 Å². The van der Waals surface area contributed by atoms with E-state index in [9.17, 15) is 9.90 Å². The number of hydrogen-bond donors (Lipinski definition) is 3. The molecule has 2 rings (SSSR count). The third-order valence-corrected chi connectivity index (χ3v) is 2.89. The molecule has 2 amide bonds. The van der Waals surface area contributed by atoms with Crippen molar-refractivity contribution < 1.29 is 9.90 Å². The van der Waals surface area contributed by atoms with E-state index in [1.807, 2.05) is 0 Å². The minimum Gasteiger partial charge on any atom is -0.504 e. The van der Waals surface area contributed by atoms with Crippen LogP contribution >= 0.6 is 23.2 Å². The number of para-hydroxylation sites is 1. The molecule has 0 spiro atoms. The number of phenols is 1. The van der Waals surface area contributed by atoms with Crippen LogP contribution in [-0.4, -0.2) is 11.1 Å². The van der Waals surface area contributed by atoms with E-state index in [4.69, 9.17) is 23.2 Å². The van der Waals surface area contributed by atoms with Crippen LogP contribution in [0.15, 0.2) is 42.5 Å². The van der Waals surface area contributed by atoms with Crippen LogP contribution < -0.4 is 10.6 Å². The topological polar surface area (TPSA) is 61.4 Å². The maximum absolute atomic E-state index is 11.7. The maximum atomic E-state index is 11.7. The Balaban J connectivity index is 2.05. The van der Waals surface area contributed by atoms with Gasteiger partial charge in [0, 0.05) is 10.7 Å². The molecular weight excluding hydrogens is 287 g/mol. The lowest BCUT2D eigenvalue weighted by Crippen LogP contribution is -2.19. The summed E-state index contributed by atoms with van der Waals surface area (Å²) in [5.41, 5.74) is 0.822. The van der Waals surface area contributed by atoms with E-state index in [-0.39, 0.29) is 16.5 Å². The molecule has 0 aromatic heterocycles. The lowest BCUT2D eigenvalue weighted by Gasteiger charge is -2.09. The number of urea groups is 1. The molecule has 3 N–H and O–H groups in total. The van der Waals surface area contributed by atoms with E-state index in [0.29, 0.717) is 10.7 Å². The number of rotatable bonds is 2. The van der Waals surface area contributed by atoms with Gasteiger partial charge in [0.25, 0.3) is 0 Å². The van der Waals surface area contributed by atoms with Crippen LogP contribution in [-0.2, 0) is 0 Å². The lowest BCUT2D eigenvalue weighted by atomic mass is 10.3. The number of halogens is 2. The van der Waals surface area contributed by atoms with Gasteiger partial charge in [-0.1, -0.05) is 29.3 Å². The van der Waals surface area contributed by atoms with Crippen LogP contribution in [0, 0.1) is 0 Å². The average molecular weight is 297 g/mol. The SMILES string of the molecule is O=C(Nc1ccc(Cl)cc1)Nc1cccc(Cl)c1O. The molecule has 0 aliphatic rings. The van der Waals surface area contributed by atoms with Crippen molar-refractivity contribution in [3.63, 3.8) is 0 Å². The molecule has 0 saturated heterocycles. The number of anilines is 2. The summed E-state index contributed by atoms with van der Waals surface area (Å²) in [6, 6.07) is 10.9. The van der Waals surface area contributed by atoms with Gasteiger partial charge < -0.3 is 15.7 Å². The normalized spacial score (nSPS) is 10.0. The predicted molar refractivity (Wildman–Crippen MR) is 77.2 cm³/mol. The zero-order chi connectivity index (χ0) is 13.8. The van der Waals surface area contributed by atoms with Crippen LogP contribution in [0.25, 0.3) is 0 Å². The summed E-state index contributed by atoms with van der Waals surface area (Å²) in [5.74, 6) is -0.171. The smallest absolute Gasteiger partial charge is 0.323 e. The summed E-state index contributed by atoms with van der Waals surface area (Å²) in [7, 11) is 0. The first kappa shape index (κ1) is 13.5. The van der Waals surface area contributed by atoms with Crippen molar-refractivity contribution in [2.24, 2.45) is 0 Å². The Bertz CT molecular complexity index is 600. The Labute approximate surface area is 120 Å². The number of carbonyl (C=O) groups excluding carboxylic acids is 1. The van der Waals surface area contributed by atoms with Gasteiger partial charge in [0.15, 0.2) is 5.75 Å². The van der Waals surface area contributed by atoms with Gasteiger partial charge in [-0.15, -0.1) is 0 Å². The van der Waals surface area contributed by atoms with Crippen LogP contribution in [0.5, 0.6) is 5.75 Å². The van der Waals surface area contributed by atoms with Crippen molar-refractivity contribution in [2.75, 3.05) is 10.6 Å². The van der Waals surface area contributed by atoms with E-state index in [1.54, 1.807) is 36.4 Å². The van der Waals surface area contributed by atoms with Crippen molar-refractivity contribution in [1.29, 1.82) is 0 Å². The summed E-state index contributed by atoms with van der Waals surface area (Å²) >= 11 is 11.5. The summed E-state index contributed by atoms with van der Waals surface area (Å²) in [5, 5.41) is 15.5. The second-order valence-corrected chi connectivity index (χ2v) is 4.57. The fourth-order valence-corrected chi connectivity index (χ4v) is 1.73. The third-order valence-electron chi connectivity index (χ3n) is 2.34. The summed E-state index contributed by atoms with van der Waals surface area (Å²) in [6.07, 6.45) is 0. The average Bonchev–Trinajstić information content (AvgIpc) is 2.38. The van der Waals surface area contributed by atoms with E-state index in [1.165, 1.54) is 6.07 Å². The first-order chi connectivity index (χ1) is 9.06. The zero-order valence-electron chi connectivity index (χ0n) is 9.65. The number of phenolic OH excluding ortho intramolecular Hbond substituents is 1. The Morgan fingerprint density at radius 2 is 1.68 bits per heavy atom. The number of hydrogen-bond acceptors (Lipinski definition) is 2. The number of nitrogens with one attached hydrogen (secondary N) is 2. The molecule has 0 aliphatic carbocycles. The Morgan fingerprint density at radius 3 is 2.37 bits per heavy atom. The van der Waals surface area contributed by atoms with Crippen molar-refractivity contribution in [3.05, 3.63) is 52.5 Å². The number of carbonyl (C=O) groups is 1. The fourth-order valence-electron chi connectivity index (χ4n) is 1.43. The van der Waals surface area contributed by atoms with Gasteiger partial charge in [-0.25, -0.2) is 4.79 Å². The van der Waals surface area contributed by atoms with E-state index >= 15 is 0 Å². The molecule has 0 bridgehead atoms. The predicted octanol–water partition coefficient (Wildman–Crippen LogP) is 4.34. The summed E-state index contributed by atoms with van der Waals surface area (Å²) in [6.45, 7) is 0. The molecule has 0 unspecified atom stereocenters. The van der Waals surface area contributed by atoms with Crippen molar-refractivity contribution >= 4 is 40.6 Å². The van der Waals surface area contributed by atoms with Gasteiger partial charge in [-0.3, -0.25) is 0 Å². The molecule has 0 heterocycles. The molecule has 19 heavy (non-hydrogen) atoms. The first-order valence-corrected chi connectivity index (χ1v) is 6.13. The van der Waals surface area contributed by atoms with Crippen molar-refractivity contribution in [1.82, 2.24) is 0 Å². The molecule has 2 aromatic carbocycles. The van der Waals surface area contributed by atoms with Crippen molar-refractivity contribution in [3.8, 4) is 5.75 Å². The Kier molecular flexibility index (Phi) is 4.14. The van der Waals surface area contributed by atoms with Crippen molar-refractivity contribution in [2.45, 2.75) is 0 Å². The number of benzene rings is 2. The van der Waals surface area contributed by atoms with Gasteiger partial charge in [0.1, 0.15) is 0 Å². The largest absolute Gasteiger partial charge is 0.504 e. The molecule has 2 aromatic rings. The van der Waals surface area contributed by atoms with E-state index in [0.717, 1.165) is 0 Å². The van der Waals surface area contributed by atoms with E-state index < -0.39 is 6.03 Å². The highest BCUT2D eigenvalue weighted by atomic mass is 35.5. The minimum atomic E-state index is -0.486. The Hall–Kier alpha value is -1.91. The molecule has 0 radical (unpaired) electrons. The standard InChI is InChI=1S/C13H10Cl2N2O2/c14-8-4-6-9(7-5-8)16-13(19)17-11-3-1-2-10(15)12(11)18/h1-7,18H,(H2,16,17,19). The highest BCUT2D eigenvalue weighted by Crippen LogP contribution is 2.31. The molecular formula is C13H10Cl2N2O2. The van der Waals surface area contributed by atoms with E-state index in [2.05, 4.69) is 10.6 Å². The van der Waals surface area contributed by atoms with Gasteiger partial charge in [0.05, 0.1) is 10.7 Å². The summed E-state index contributed by atoms with van der Waals surface area (Å²) < 4.78 is 0. The molecule has 0 fully saturated rings. The van der Waals surface area contributed by atoms with Gasteiger partial charge >= 0.3 is 6.03 Å². The molecule has 0 saturated carbocycles. The lowest BCUT2D eigenvalue weighted by molar-refractivity contribution is 0.262. The highest BCUT2D eigenvalue weighted by Gasteiger charge is 2.08. The second kappa shape index (κ2) is 5.82. The van der Waals surface area contributed by atoms with Crippen LogP contribution in [0.4, 0.5) is 16.2 Å². The molecule has 6 heteroatoms. The van der Waals surface area contributed by atoms with Gasteiger partial charge in [-0.2, -0.15) is 0 Å². The molecule has 0 aliphatic heterocycles. The zero-order valence-corrected chi connectivity index (χ0v) is 11.2. The van der Waals surface area contributed by atoms with Crippen LogP contribution in [0.3, 0.4) is 0 Å². The van der Waals surface area contributed by atoms with Gasteiger partial charge in [0.2, 0.25) is 0 Å². The highest BCUT2D eigenvalue weighted by molar-refractivity contribution is 6.32. The number of aromatic hydroxyl groups is 1. The molecule has 0 atom stereocenters. The Morgan fingerprint density at radius 1 is 1.00 bits per heavy atom. The first-order valence-electron chi connectivity index (χ1n) is 5.37. The summed E-state index contributed by atoms with van der Waals surface area (Å²) in [4.78, 5) is 11.7. The third kappa shape index (κ3) is 3.53. The fraction of sp³-hybridized carbons (Fsp3) is 0.